The number of aryl methyl sites for hydroxylation is 3. The minimum absolute atomic E-state index is 0.0386. The lowest BCUT2D eigenvalue weighted by Gasteiger charge is -2.16. The van der Waals surface area contributed by atoms with Crippen molar-refractivity contribution in [3.05, 3.63) is 88.0 Å². The molecule has 4 rings (SSSR count). The van der Waals surface area contributed by atoms with Gasteiger partial charge in [-0.2, -0.15) is 8.42 Å². The van der Waals surface area contributed by atoms with E-state index in [9.17, 15) is 31.3 Å². The molecule has 42 heavy (non-hydrogen) atoms. The van der Waals surface area contributed by atoms with Gasteiger partial charge in [0.05, 0.1) is 9.79 Å². The number of benzene rings is 4. The summed E-state index contributed by atoms with van der Waals surface area (Å²) in [6, 6.07) is 16.2. The van der Waals surface area contributed by atoms with Crippen molar-refractivity contribution in [1.29, 1.82) is 0 Å². The summed E-state index contributed by atoms with van der Waals surface area (Å²) in [6.45, 7) is 9.37. The van der Waals surface area contributed by atoms with Crippen LogP contribution in [-0.2, 0) is 37.6 Å². The maximum Gasteiger partial charge on any atom is 0.294 e. The number of fused-ring (bicyclic) bond motifs is 1. The zero-order valence-corrected chi connectivity index (χ0v) is 26.3. The van der Waals surface area contributed by atoms with Crippen molar-refractivity contribution in [1.82, 2.24) is 0 Å². The molecule has 9 heteroatoms. The topological polar surface area (TPSA) is 126 Å². The molecule has 0 fully saturated rings. The number of rotatable bonds is 9. The van der Waals surface area contributed by atoms with Crippen LogP contribution in [0.5, 0.6) is 5.75 Å². The van der Waals surface area contributed by atoms with E-state index in [0.29, 0.717) is 18.4 Å². The van der Waals surface area contributed by atoms with Crippen molar-refractivity contribution in [2.75, 3.05) is 6.26 Å². The van der Waals surface area contributed by atoms with Crippen molar-refractivity contribution in [2.45, 2.75) is 63.7 Å². The van der Waals surface area contributed by atoms with Gasteiger partial charge in [0.1, 0.15) is 11.5 Å². The number of hydrogen-bond donors (Lipinski definition) is 2. The molecule has 7 nitrogen and oxygen atoms in total. The second-order valence-corrected chi connectivity index (χ2v) is 14.5. The van der Waals surface area contributed by atoms with E-state index in [1.165, 1.54) is 6.92 Å². The Morgan fingerprint density at radius 2 is 1.36 bits per heavy atom. The highest BCUT2D eigenvalue weighted by Gasteiger charge is 2.25. The average Bonchev–Trinajstić information content (AvgIpc) is 2.90. The summed E-state index contributed by atoms with van der Waals surface area (Å²) in [5.74, 6) is 0.0428. The third-order valence-corrected chi connectivity index (χ3v) is 10.3. The Labute approximate surface area is 247 Å². The van der Waals surface area contributed by atoms with E-state index in [1.807, 2.05) is 52.0 Å². The fraction of sp³-hybridized carbons (Fsp3) is 0.303. The highest BCUT2D eigenvalue weighted by atomic mass is 32.2. The van der Waals surface area contributed by atoms with Gasteiger partial charge in [-0.05, 0) is 77.8 Å². The van der Waals surface area contributed by atoms with Crippen molar-refractivity contribution >= 4 is 36.5 Å². The van der Waals surface area contributed by atoms with E-state index in [2.05, 4.69) is 12.1 Å². The van der Waals surface area contributed by atoms with Crippen molar-refractivity contribution in [3.63, 3.8) is 0 Å². The van der Waals surface area contributed by atoms with Gasteiger partial charge in [0, 0.05) is 35.8 Å². The molecule has 0 aromatic heterocycles. The van der Waals surface area contributed by atoms with Crippen LogP contribution in [0.2, 0.25) is 0 Å². The smallest absolute Gasteiger partial charge is 0.294 e. The van der Waals surface area contributed by atoms with E-state index in [0.717, 1.165) is 52.1 Å². The van der Waals surface area contributed by atoms with E-state index in [4.69, 9.17) is 0 Å². The zero-order chi connectivity index (χ0) is 31.1. The SMILES string of the molecule is CCC(C)C(=O)Cc1ccc(-c2ccc(Cc3ccc4c(S(C)(=O)=O)cc(S(=O)(=O)O)c(C)c4c3O)c(C)c2)cc1C. The summed E-state index contributed by atoms with van der Waals surface area (Å²) in [4.78, 5) is 11.6. The number of aromatic hydroxyl groups is 1. The van der Waals surface area contributed by atoms with Crippen molar-refractivity contribution in [2.24, 2.45) is 5.92 Å². The highest BCUT2D eigenvalue weighted by Crippen LogP contribution is 2.39. The van der Waals surface area contributed by atoms with Crippen LogP contribution in [0.15, 0.2) is 64.4 Å². The van der Waals surface area contributed by atoms with Crippen LogP contribution in [0.4, 0.5) is 0 Å². The third kappa shape index (κ3) is 6.28. The van der Waals surface area contributed by atoms with Gasteiger partial charge in [0.2, 0.25) is 0 Å². The summed E-state index contributed by atoms with van der Waals surface area (Å²) in [7, 11) is -8.62. The summed E-state index contributed by atoms with van der Waals surface area (Å²) in [6.07, 6.45) is 2.51. The molecule has 4 aromatic carbocycles. The molecule has 0 saturated heterocycles. The Kier molecular flexibility index (Phi) is 8.69. The molecule has 0 spiro atoms. The molecule has 1 atom stereocenters. The van der Waals surface area contributed by atoms with Crippen LogP contribution >= 0.6 is 0 Å². The maximum atomic E-state index is 12.5. The lowest BCUT2D eigenvalue weighted by atomic mass is 9.91. The summed E-state index contributed by atoms with van der Waals surface area (Å²) in [5, 5.41) is 11.5. The molecule has 0 amide bonds. The van der Waals surface area contributed by atoms with Gasteiger partial charge in [-0.3, -0.25) is 9.35 Å². The molecule has 0 aliphatic carbocycles. The Morgan fingerprint density at radius 3 is 1.86 bits per heavy atom. The first-order valence-corrected chi connectivity index (χ1v) is 17.0. The van der Waals surface area contributed by atoms with E-state index >= 15 is 0 Å². The van der Waals surface area contributed by atoms with Crippen LogP contribution in [0.1, 0.15) is 53.6 Å². The molecule has 0 aliphatic heterocycles. The first kappa shape index (κ1) is 31.4. The van der Waals surface area contributed by atoms with Gasteiger partial charge in [0.25, 0.3) is 10.1 Å². The minimum Gasteiger partial charge on any atom is -0.507 e. The van der Waals surface area contributed by atoms with Crippen LogP contribution in [0, 0.1) is 26.7 Å². The fourth-order valence-electron chi connectivity index (χ4n) is 5.31. The van der Waals surface area contributed by atoms with E-state index in [-0.39, 0.29) is 38.7 Å². The first-order chi connectivity index (χ1) is 19.5. The van der Waals surface area contributed by atoms with Gasteiger partial charge in [-0.15, -0.1) is 0 Å². The van der Waals surface area contributed by atoms with Crippen molar-refractivity contribution in [3.8, 4) is 16.9 Å². The molecule has 0 bridgehead atoms. The number of hydrogen-bond acceptors (Lipinski definition) is 6. The van der Waals surface area contributed by atoms with Gasteiger partial charge < -0.3 is 5.11 Å². The van der Waals surface area contributed by atoms with Crippen LogP contribution < -0.4 is 0 Å². The number of phenols is 1. The molecule has 4 aromatic rings. The average molecular weight is 609 g/mol. The van der Waals surface area contributed by atoms with Gasteiger partial charge in [0.15, 0.2) is 9.84 Å². The lowest BCUT2D eigenvalue weighted by molar-refractivity contribution is -0.121. The quantitative estimate of drug-likeness (QED) is 0.207. The van der Waals surface area contributed by atoms with E-state index in [1.54, 1.807) is 12.1 Å². The standard InChI is InChI=1S/C33H36O7S2/c1-7-19(2)29(34)17-24-9-11-26(15-21(24)4)25-10-8-23(20(3)14-25)16-27-12-13-28-31(41(6,36)37)18-30(42(38,39)40)22(5)32(28)33(27)35/h8-15,18-19,35H,7,16-17H2,1-6H3,(H,38,39,40). The van der Waals surface area contributed by atoms with Crippen LogP contribution in [-0.4, -0.2) is 38.5 Å². The largest absolute Gasteiger partial charge is 0.507 e. The number of carbonyl (C=O) groups is 1. The number of carbonyl (C=O) groups excluding carboxylic acids is 1. The number of ketones is 1. The predicted molar refractivity (Wildman–Crippen MR) is 166 cm³/mol. The molecular formula is C33H36O7S2. The summed E-state index contributed by atoms with van der Waals surface area (Å²) < 4.78 is 58.8. The lowest BCUT2D eigenvalue weighted by Crippen LogP contribution is -2.13. The monoisotopic (exact) mass is 608 g/mol. The Morgan fingerprint density at radius 1 is 0.810 bits per heavy atom. The Hall–Kier alpha value is -3.53. The molecule has 222 valence electrons. The number of phenolic OH excluding ortho intramolecular Hbond substituents is 1. The zero-order valence-electron chi connectivity index (χ0n) is 24.6. The van der Waals surface area contributed by atoms with E-state index < -0.39 is 24.9 Å². The fourth-order valence-corrected chi connectivity index (χ4v) is 7.04. The van der Waals surface area contributed by atoms with Crippen molar-refractivity contribution < 1.29 is 31.3 Å². The Balaban J connectivity index is 1.71. The van der Waals surface area contributed by atoms with Gasteiger partial charge >= 0.3 is 0 Å². The van der Waals surface area contributed by atoms with Gasteiger partial charge in [-0.25, -0.2) is 8.42 Å². The minimum atomic E-state index is -4.74. The number of Topliss-reactive ketones (excluding diaryl/α,β-unsaturated/α-hetero) is 1. The molecule has 0 radical (unpaired) electrons. The molecule has 0 saturated carbocycles. The number of sulfone groups is 1. The highest BCUT2D eigenvalue weighted by molar-refractivity contribution is 7.91. The van der Waals surface area contributed by atoms with Gasteiger partial charge in [-0.1, -0.05) is 62.4 Å². The normalized spacial score (nSPS) is 12.9. The second kappa shape index (κ2) is 11.6. The first-order valence-electron chi connectivity index (χ1n) is 13.7. The molecular weight excluding hydrogens is 572 g/mol. The Bertz CT molecular complexity index is 1940. The predicted octanol–water partition coefficient (Wildman–Crippen LogP) is 6.54. The van der Waals surface area contributed by atoms with Crippen LogP contribution in [0.25, 0.3) is 21.9 Å². The molecule has 1 unspecified atom stereocenters. The third-order valence-electron chi connectivity index (χ3n) is 8.14. The van der Waals surface area contributed by atoms with Crippen LogP contribution in [0.3, 0.4) is 0 Å². The second-order valence-electron chi connectivity index (χ2n) is 11.2. The molecule has 0 heterocycles. The summed E-state index contributed by atoms with van der Waals surface area (Å²) >= 11 is 0. The summed E-state index contributed by atoms with van der Waals surface area (Å²) in [5.41, 5.74) is 6.56. The molecule has 0 aliphatic rings. The maximum absolute atomic E-state index is 12.5. The molecule has 2 N–H and O–H groups in total.